The van der Waals surface area contributed by atoms with E-state index >= 15 is 0 Å². The van der Waals surface area contributed by atoms with Crippen LogP contribution in [-0.4, -0.2) is 46.3 Å². The Balaban J connectivity index is 2.16. The second-order valence-electron chi connectivity index (χ2n) is 4.87. The Kier molecular flexibility index (Phi) is 4.01. The third-order valence-corrected chi connectivity index (χ3v) is 3.57. The van der Waals surface area contributed by atoms with Gasteiger partial charge in [0.2, 0.25) is 0 Å². The summed E-state index contributed by atoms with van der Waals surface area (Å²) >= 11 is 0. The Hall–Kier alpha value is -1.36. The minimum absolute atomic E-state index is 0.104. The van der Waals surface area contributed by atoms with E-state index in [9.17, 15) is 4.79 Å². The lowest BCUT2D eigenvalue weighted by Crippen LogP contribution is -2.46. The number of hydrogen-bond acceptors (Lipinski definition) is 3. The number of nitrogens with zero attached hydrogens (tertiary/aromatic N) is 3. The van der Waals surface area contributed by atoms with Crippen molar-refractivity contribution in [2.75, 3.05) is 19.6 Å². The van der Waals surface area contributed by atoms with Crippen LogP contribution in [0, 0.1) is 6.92 Å². The molecule has 0 unspecified atom stereocenters. The molecular weight excluding hydrogens is 228 g/mol. The van der Waals surface area contributed by atoms with Crippen LogP contribution in [0.2, 0.25) is 0 Å². The third-order valence-electron chi connectivity index (χ3n) is 3.57. The maximum absolute atomic E-state index is 12.6. The van der Waals surface area contributed by atoms with E-state index in [1.54, 1.807) is 4.68 Å². The average molecular weight is 250 g/mol. The normalized spacial score (nSPS) is 16.8. The van der Waals surface area contributed by atoms with E-state index < -0.39 is 0 Å². The van der Waals surface area contributed by atoms with Crippen LogP contribution < -0.4 is 5.32 Å². The first-order valence-corrected chi connectivity index (χ1v) is 6.65. The summed E-state index contributed by atoms with van der Waals surface area (Å²) in [5, 5.41) is 7.58. The summed E-state index contributed by atoms with van der Waals surface area (Å²) < 4.78 is 1.68. The second kappa shape index (κ2) is 5.52. The van der Waals surface area contributed by atoms with Crippen LogP contribution in [0.1, 0.15) is 35.9 Å². The molecule has 1 saturated heterocycles. The maximum atomic E-state index is 12.6. The van der Waals surface area contributed by atoms with Crippen LogP contribution in [0.3, 0.4) is 0 Å². The van der Waals surface area contributed by atoms with E-state index in [1.807, 2.05) is 31.9 Å². The molecule has 100 valence electrons. The van der Waals surface area contributed by atoms with Gasteiger partial charge in [0, 0.05) is 19.6 Å². The average Bonchev–Trinajstić information content (AvgIpc) is 2.70. The molecular formula is C13H22N4O. The van der Waals surface area contributed by atoms with Crippen LogP contribution in [0.4, 0.5) is 0 Å². The Morgan fingerprint density at radius 1 is 1.56 bits per heavy atom. The molecule has 1 aromatic heterocycles. The number of carbonyl (C=O) groups is 1. The molecule has 1 aromatic rings. The number of aromatic nitrogens is 2. The van der Waals surface area contributed by atoms with E-state index in [-0.39, 0.29) is 5.91 Å². The fourth-order valence-electron chi connectivity index (χ4n) is 2.64. The number of carbonyl (C=O) groups excluding carboxylic acids is 1. The number of hydrogen-bond donors (Lipinski definition) is 1. The largest absolute Gasteiger partial charge is 0.335 e. The fourth-order valence-corrected chi connectivity index (χ4v) is 2.64. The van der Waals surface area contributed by atoms with E-state index in [1.165, 1.54) is 0 Å². The zero-order chi connectivity index (χ0) is 13.1. The van der Waals surface area contributed by atoms with Crippen molar-refractivity contribution < 1.29 is 4.79 Å². The third kappa shape index (κ3) is 2.56. The first kappa shape index (κ1) is 13.1. The van der Waals surface area contributed by atoms with E-state index in [4.69, 9.17) is 0 Å². The molecule has 1 aliphatic heterocycles. The van der Waals surface area contributed by atoms with Crippen molar-refractivity contribution in [3.63, 3.8) is 0 Å². The monoisotopic (exact) mass is 250 g/mol. The van der Waals surface area contributed by atoms with Gasteiger partial charge >= 0.3 is 0 Å². The highest BCUT2D eigenvalue weighted by atomic mass is 16.2. The molecule has 0 spiro atoms. The second-order valence-corrected chi connectivity index (χ2v) is 4.87. The molecule has 1 N–H and O–H groups in total. The molecule has 0 aromatic carbocycles. The van der Waals surface area contributed by atoms with Crippen molar-refractivity contribution >= 4 is 5.91 Å². The quantitative estimate of drug-likeness (QED) is 0.868. The van der Waals surface area contributed by atoms with Crippen LogP contribution in [0.15, 0.2) is 6.07 Å². The summed E-state index contributed by atoms with van der Waals surface area (Å²) in [6.07, 6.45) is 2.08. The summed E-state index contributed by atoms with van der Waals surface area (Å²) in [6.45, 7) is 6.71. The summed E-state index contributed by atoms with van der Waals surface area (Å²) in [6, 6.07) is 2.23. The van der Waals surface area contributed by atoms with Crippen molar-refractivity contribution in [1.82, 2.24) is 20.0 Å². The van der Waals surface area contributed by atoms with Gasteiger partial charge in [0.25, 0.3) is 5.91 Å². The van der Waals surface area contributed by atoms with Crippen molar-refractivity contribution in [3.8, 4) is 0 Å². The van der Waals surface area contributed by atoms with Gasteiger partial charge in [-0.3, -0.25) is 9.48 Å². The van der Waals surface area contributed by atoms with Gasteiger partial charge in [-0.15, -0.1) is 0 Å². The van der Waals surface area contributed by atoms with Crippen molar-refractivity contribution in [2.24, 2.45) is 7.05 Å². The lowest BCUT2D eigenvalue weighted by atomic mass is 10.0. The molecule has 0 aliphatic carbocycles. The topological polar surface area (TPSA) is 50.2 Å². The summed E-state index contributed by atoms with van der Waals surface area (Å²) in [5.74, 6) is 0.104. The lowest BCUT2D eigenvalue weighted by molar-refractivity contribution is 0.0645. The number of nitrogens with one attached hydrogen (secondary N) is 1. The zero-order valence-corrected chi connectivity index (χ0v) is 11.4. The van der Waals surface area contributed by atoms with Gasteiger partial charge in [-0.1, -0.05) is 0 Å². The fraction of sp³-hybridized carbons (Fsp3) is 0.692. The Labute approximate surface area is 108 Å². The van der Waals surface area contributed by atoms with Gasteiger partial charge in [-0.25, -0.2) is 0 Å². The van der Waals surface area contributed by atoms with Crippen molar-refractivity contribution in [1.29, 1.82) is 0 Å². The van der Waals surface area contributed by atoms with Crippen molar-refractivity contribution in [3.05, 3.63) is 17.5 Å². The van der Waals surface area contributed by atoms with Gasteiger partial charge in [0.15, 0.2) is 0 Å². The predicted octanol–water partition coefficient (Wildman–Crippen LogP) is 0.943. The van der Waals surface area contributed by atoms with Gasteiger partial charge < -0.3 is 10.2 Å². The van der Waals surface area contributed by atoms with E-state index in [2.05, 4.69) is 10.4 Å². The minimum Gasteiger partial charge on any atom is -0.335 e. The molecule has 1 amide bonds. The molecule has 0 saturated carbocycles. The van der Waals surface area contributed by atoms with E-state index in [0.717, 1.165) is 38.2 Å². The molecule has 0 radical (unpaired) electrons. The van der Waals surface area contributed by atoms with E-state index in [0.29, 0.717) is 11.7 Å². The first-order chi connectivity index (χ1) is 8.63. The van der Waals surface area contributed by atoms with Crippen LogP contribution in [0.25, 0.3) is 0 Å². The summed E-state index contributed by atoms with van der Waals surface area (Å²) in [7, 11) is 1.83. The van der Waals surface area contributed by atoms with Crippen LogP contribution in [0.5, 0.6) is 0 Å². The summed E-state index contributed by atoms with van der Waals surface area (Å²) in [4.78, 5) is 14.5. The highest BCUT2D eigenvalue weighted by Crippen LogP contribution is 2.15. The number of piperidine rings is 1. The van der Waals surface area contributed by atoms with Gasteiger partial charge in [0.05, 0.1) is 5.69 Å². The molecule has 5 nitrogen and oxygen atoms in total. The highest BCUT2D eigenvalue weighted by Gasteiger charge is 2.26. The number of aryl methyl sites for hydroxylation is 2. The molecule has 1 aliphatic rings. The smallest absolute Gasteiger partial charge is 0.272 e. The standard InChI is InChI=1S/C13H22N4O/c1-4-17(11-5-7-14-8-6-11)13(18)12-9-10(2)15-16(12)3/h9,11,14H,4-8H2,1-3H3. The summed E-state index contributed by atoms with van der Waals surface area (Å²) in [5.41, 5.74) is 1.58. The highest BCUT2D eigenvalue weighted by molar-refractivity contribution is 5.92. The van der Waals surface area contributed by atoms with Gasteiger partial charge in [-0.2, -0.15) is 5.10 Å². The molecule has 2 rings (SSSR count). The van der Waals surface area contributed by atoms with Crippen LogP contribution >= 0.6 is 0 Å². The zero-order valence-electron chi connectivity index (χ0n) is 11.4. The first-order valence-electron chi connectivity index (χ1n) is 6.65. The minimum atomic E-state index is 0.104. The number of amides is 1. The molecule has 2 heterocycles. The Morgan fingerprint density at radius 2 is 2.22 bits per heavy atom. The molecule has 0 bridgehead atoms. The lowest BCUT2D eigenvalue weighted by Gasteiger charge is -2.33. The SMILES string of the molecule is CCN(C(=O)c1cc(C)nn1C)C1CCNCC1. The molecule has 0 atom stereocenters. The number of rotatable bonds is 3. The molecule has 18 heavy (non-hydrogen) atoms. The molecule has 1 fully saturated rings. The predicted molar refractivity (Wildman–Crippen MR) is 70.5 cm³/mol. The molecule has 5 heteroatoms. The van der Waals surface area contributed by atoms with Crippen molar-refractivity contribution in [2.45, 2.75) is 32.7 Å². The Bertz CT molecular complexity index is 421. The van der Waals surface area contributed by atoms with Gasteiger partial charge in [0.1, 0.15) is 5.69 Å². The van der Waals surface area contributed by atoms with Gasteiger partial charge in [-0.05, 0) is 45.8 Å². The Morgan fingerprint density at radius 3 is 2.72 bits per heavy atom. The van der Waals surface area contributed by atoms with Crippen LogP contribution in [-0.2, 0) is 7.05 Å². The maximum Gasteiger partial charge on any atom is 0.272 e.